The van der Waals surface area contributed by atoms with Crippen LogP contribution in [-0.2, 0) is 14.8 Å². The zero-order chi connectivity index (χ0) is 26.5. The summed E-state index contributed by atoms with van der Waals surface area (Å²) in [6.07, 6.45) is 0.00535. The topological polar surface area (TPSA) is 103 Å². The molecule has 0 aliphatic heterocycles. The third kappa shape index (κ3) is 4.75. The lowest BCUT2D eigenvalue weighted by Gasteiger charge is -2.40. The Morgan fingerprint density at radius 1 is 1.22 bits per heavy atom. The van der Waals surface area contributed by atoms with Crippen molar-refractivity contribution in [2.24, 2.45) is 11.8 Å². The molecule has 0 amide bonds. The highest BCUT2D eigenvalue weighted by atomic mass is 35.5. The second-order valence-electron chi connectivity index (χ2n) is 8.91. The number of anilines is 1. The van der Waals surface area contributed by atoms with E-state index in [1.807, 2.05) is 0 Å². The van der Waals surface area contributed by atoms with E-state index in [0.29, 0.717) is 27.9 Å². The van der Waals surface area contributed by atoms with Crippen molar-refractivity contribution in [2.45, 2.75) is 35.7 Å². The minimum absolute atomic E-state index is 0.0299. The van der Waals surface area contributed by atoms with Crippen molar-refractivity contribution in [3.8, 4) is 0 Å². The van der Waals surface area contributed by atoms with Gasteiger partial charge in [-0.25, -0.2) is 18.1 Å². The molecule has 13 heteroatoms. The average molecular weight is 556 g/mol. The van der Waals surface area contributed by atoms with Crippen LogP contribution in [0, 0.1) is 11.8 Å². The second kappa shape index (κ2) is 9.25. The minimum Gasteiger partial charge on any atom is -0.495 e. The summed E-state index contributed by atoms with van der Waals surface area (Å²) in [7, 11) is -2.61. The Morgan fingerprint density at radius 3 is 2.62 bits per heavy atom. The molecule has 3 aromatic rings. The molecule has 1 saturated carbocycles. The van der Waals surface area contributed by atoms with E-state index in [1.165, 1.54) is 54.5 Å². The number of nitrogens with one attached hydrogen (secondary N) is 1. The van der Waals surface area contributed by atoms with Gasteiger partial charge in [-0.2, -0.15) is 13.2 Å². The van der Waals surface area contributed by atoms with Crippen molar-refractivity contribution < 1.29 is 30.7 Å². The summed E-state index contributed by atoms with van der Waals surface area (Å²) in [6, 6.07) is 6.83. The van der Waals surface area contributed by atoms with Crippen molar-refractivity contribution in [2.75, 3.05) is 11.8 Å². The van der Waals surface area contributed by atoms with Gasteiger partial charge in [0.2, 0.25) is 0 Å². The predicted octanol–water partition coefficient (Wildman–Crippen LogP) is 5.13. The first kappa shape index (κ1) is 25.4. The summed E-state index contributed by atoms with van der Waals surface area (Å²) in [5, 5.41) is -0.175. The van der Waals surface area contributed by atoms with Crippen molar-refractivity contribution in [3.05, 3.63) is 70.6 Å². The normalized spacial score (nSPS) is 22.5. The first-order valence-corrected chi connectivity index (χ1v) is 13.2. The number of nitrogens with zero attached hydrogens (tertiary/aromatic N) is 2. The number of allylic oxidation sites excluding steroid dienone is 3. The number of methoxy groups -OCH3 is 1. The molecule has 2 heterocycles. The van der Waals surface area contributed by atoms with Gasteiger partial charge in [-0.1, -0.05) is 0 Å². The fourth-order valence-corrected chi connectivity index (χ4v) is 6.10. The van der Waals surface area contributed by atoms with Crippen LogP contribution in [0.4, 0.5) is 19.2 Å². The number of hydrogen-bond acceptors (Lipinski definition) is 6. The Morgan fingerprint density at radius 2 is 1.97 bits per heavy atom. The zero-order valence-corrected chi connectivity index (χ0v) is 20.9. The monoisotopic (exact) mass is 555 g/mol. The van der Waals surface area contributed by atoms with E-state index in [4.69, 9.17) is 20.8 Å². The quantitative estimate of drug-likeness (QED) is 0.423. The molecular formula is C24H21ClF3N3O5S. The number of ether oxygens (including phenoxy) is 1. The lowest BCUT2D eigenvalue weighted by molar-refractivity contribution is -0.201. The molecule has 1 atom stereocenters. The molecule has 0 bridgehead atoms. The lowest BCUT2D eigenvalue weighted by atomic mass is 9.69. The Bertz CT molecular complexity index is 1570. The molecule has 1 fully saturated rings. The SMILES string of the molecule is COC1=C(n2c(=O)ccc3cc(S(=O)(=O)Nc4ncco4)ccc32)CC(Cl)C(C2CC(C(F)(F)F)C2)=C1. The van der Waals surface area contributed by atoms with E-state index >= 15 is 0 Å². The number of fused-ring (bicyclic) bond motifs is 1. The number of hydrogen-bond donors (Lipinski definition) is 1. The molecule has 1 unspecified atom stereocenters. The number of aromatic nitrogens is 2. The highest BCUT2D eigenvalue weighted by molar-refractivity contribution is 7.92. The largest absolute Gasteiger partial charge is 0.495 e. The van der Waals surface area contributed by atoms with E-state index in [9.17, 15) is 26.4 Å². The third-order valence-corrected chi connectivity index (χ3v) is 8.43. The van der Waals surface area contributed by atoms with Crippen molar-refractivity contribution in [1.82, 2.24) is 9.55 Å². The van der Waals surface area contributed by atoms with Gasteiger partial charge >= 0.3 is 12.2 Å². The molecule has 2 aliphatic carbocycles. The van der Waals surface area contributed by atoms with Gasteiger partial charge in [0, 0.05) is 17.9 Å². The molecule has 0 spiro atoms. The minimum atomic E-state index is -4.23. The molecule has 1 N–H and O–H groups in total. The number of rotatable bonds is 6. The van der Waals surface area contributed by atoms with E-state index < -0.39 is 33.1 Å². The Hall–Kier alpha value is -3.25. The van der Waals surface area contributed by atoms with Gasteiger partial charge in [-0.3, -0.25) is 9.36 Å². The third-order valence-electron chi connectivity index (χ3n) is 6.71. The maximum Gasteiger partial charge on any atom is 0.391 e. The number of sulfonamides is 1. The molecule has 2 aliphatic rings. The highest BCUT2D eigenvalue weighted by Gasteiger charge is 2.49. The van der Waals surface area contributed by atoms with E-state index in [-0.39, 0.29) is 36.1 Å². The maximum atomic E-state index is 13.0. The first-order chi connectivity index (χ1) is 17.5. The molecule has 0 saturated heterocycles. The Balaban J connectivity index is 1.53. The lowest BCUT2D eigenvalue weighted by Crippen LogP contribution is -2.38. The summed E-state index contributed by atoms with van der Waals surface area (Å²) in [4.78, 5) is 16.6. The highest BCUT2D eigenvalue weighted by Crippen LogP contribution is 2.50. The van der Waals surface area contributed by atoms with Gasteiger partial charge in [0.15, 0.2) is 0 Å². The number of halogens is 4. The molecule has 5 rings (SSSR count). The summed E-state index contributed by atoms with van der Waals surface area (Å²) < 4.78 is 78.5. The van der Waals surface area contributed by atoms with Gasteiger partial charge in [0.05, 0.1) is 40.7 Å². The second-order valence-corrected chi connectivity index (χ2v) is 11.1. The van der Waals surface area contributed by atoms with E-state index in [0.717, 1.165) is 0 Å². The van der Waals surface area contributed by atoms with Crippen LogP contribution in [0.1, 0.15) is 19.3 Å². The Labute approximate surface area is 214 Å². The first-order valence-electron chi connectivity index (χ1n) is 11.3. The average Bonchev–Trinajstić information content (AvgIpc) is 3.30. The molecular weight excluding hydrogens is 535 g/mol. The van der Waals surface area contributed by atoms with Crippen molar-refractivity contribution >= 4 is 44.2 Å². The van der Waals surface area contributed by atoms with Gasteiger partial charge in [-0.05, 0) is 54.7 Å². The predicted molar refractivity (Wildman–Crippen MR) is 130 cm³/mol. The van der Waals surface area contributed by atoms with Gasteiger partial charge in [0.1, 0.15) is 12.0 Å². The number of pyridine rings is 1. The van der Waals surface area contributed by atoms with E-state index in [2.05, 4.69) is 9.71 Å². The summed E-state index contributed by atoms with van der Waals surface area (Å²) >= 11 is 6.62. The maximum absolute atomic E-state index is 13.0. The summed E-state index contributed by atoms with van der Waals surface area (Å²) in [5.74, 6) is -1.34. The van der Waals surface area contributed by atoms with Gasteiger partial charge < -0.3 is 9.15 Å². The molecule has 37 heavy (non-hydrogen) atoms. The number of alkyl halides is 4. The van der Waals surface area contributed by atoms with Crippen LogP contribution in [-0.4, -0.2) is 36.6 Å². The van der Waals surface area contributed by atoms with E-state index in [1.54, 1.807) is 6.08 Å². The number of oxazole rings is 1. The summed E-state index contributed by atoms with van der Waals surface area (Å²) in [5.41, 5.74) is 1.10. The van der Waals surface area contributed by atoms with Crippen LogP contribution in [0.3, 0.4) is 0 Å². The van der Waals surface area contributed by atoms with Crippen LogP contribution in [0.5, 0.6) is 0 Å². The van der Waals surface area contributed by atoms with Crippen LogP contribution in [0.15, 0.2) is 74.3 Å². The zero-order valence-electron chi connectivity index (χ0n) is 19.3. The van der Waals surface area contributed by atoms with Crippen molar-refractivity contribution in [3.63, 3.8) is 0 Å². The molecule has 196 valence electrons. The molecule has 8 nitrogen and oxygen atoms in total. The fraction of sp³-hybridized carbons (Fsp3) is 0.333. The smallest absolute Gasteiger partial charge is 0.391 e. The van der Waals surface area contributed by atoms with Gasteiger partial charge in [0.25, 0.3) is 15.6 Å². The standard InChI is InChI=1S/C24H21ClF3N3O5S/c1-35-21-11-17(14-8-15(9-14)24(26,27)28)18(25)12-20(21)31-19-4-3-16(10-13(19)2-5-22(31)32)37(33,34)30-23-29-6-7-36-23/h2-7,10-11,14-15,18H,8-9,12H2,1H3,(H,29,30). The van der Waals surface area contributed by atoms with Gasteiger partial charge in [-0.15, -0.1) is 11.6 Å². The number of benzene rings is 1. The Kier molecular flexibility index (Phi) is 6.35. The van der Waals surface area contributed by atoms with Crippen LogP contribution >= 0.6 is 11.6 Å². The fourth-order valence-electron chi connectivity index (χ4n) is 4.74. The molecule has 1 aromatic carbocycles. The summed E-state index contributed by atoms with van der Waals surface area (Å²) in [6.45, 7) is 0. The van der Waals surface area contributed by atoms with Crippen LogP contribution in [0.25, 0.3) is 16.6 Å². The van der Waals surface area contributed by atoms with Crippen molar-refractivity contribution in [1.29, 1.82) is 0 Å². The van der Waals surface area contributed by atoms with Crippen LogP contribution in [0.2, 0.25) is 0 Å². The molecule has 2 aromatic heterocycles. The van der Waals surface area contributed by atoms with Crippen LogP contribution < -0.4 is 10.3 Å². The molecule has 0 radical (unpaired) electrons.